The molecule has 0 heterocycles. The van der Waals surface area contributed by atoms with Gasteiger partial charge >= 0.3 is 0 Å². The van der Waals surface area contributed by atoms with E-state index in [2.05, 4.69) is 0 Å². The van der Waals surface area contributed by atoms with Gasteiger partial charge in [0.05, 0.1) is 36.9 Å². The molecule has 7 nitrogen and oxygen atoms in total. The zero-order valence-corrected chi connectivity index (χ0v) is 9.96. The summed E-state index contributed by atoms with van der Waals surface area (Å²) < 4.78 is 10.3. The summed E-state index contributed by atoms with van der Waals surface area (Å²) in [6, 6.07) is 2.58. The molecule has 0 atom stereocenters. The third-order valence-electron chi connectivity index (χ3n) is 2.29. The van der Waals surface area contributed by atoms with Crippen LogP contribution in [0.4, 0.5) is 5.69 Å². The standard InChI is InChI=1S/C11H15NO6/c1-17-10-5-8(7-14)9(12(15)16)6-11(10)18-4-2-3-13/h5-6,13-14H,2-4,7H2,1H3. The number of aliphatic hydroxyl groups excluding tert-OH is 2. The SMILES string of the molecule is COc1cc(CO)c([N+](=O)[O-])cc1OCCCO. The van der Waals surface area contributed by atoms with Crippen molar-refractivity contribution in [3.8, 4) is 11.5 Å². The van der Waals surface area contributed by atoms with E-state index >= 15 is 0 Å². The van der Waals surface area contributed by atoms with Gasteiger partial charge in [0.2, 0.25) is 0 Å². The first kappa shape index (κ1) is 14.2. The number of aliphatic hydroxyl groups is 2. The van der Waals surface area contributed by atoms with Gasteiger partial charge in [-0.25, -0.2) is 0 Å². The molecule has 0 bridgehead atoms. The van der Waals surface area contributed by atoms with Crippen molar-refractivity contribution in [2.24, 2.45) is 0 Å². The Bertz CT molecular complexity index is 420. The Kier molecular flexibility index (Phi) is 5.34. The number of ether oxygens (including phenoxy) is 2. The third kappa shape index (κ3) is 3.31. The maximum absolute atomic E-state index is 10.8. The van der Waals surface area contributed by atoms with Crippen molar-refractivity contribution >= 4 is 5.69 Å². The topological polar surface area (TPSA) is 102 Å². The Hall–Kier alpha value is -1.86. The van der Waals surface area contributed by atoms with Crippen molar-refractivity contribution in [2.75, 3.05) is 20.3 Å². The van der Waals surface area contributed by atoms with Gasteiger partial charge in [-0.1, -0.05) is 0 Å². The Morgan fingerprint density at radius 1 is 1.33 bits per heavy atom. The lowest BCUT2D eigenvalue weighted by atomic mass is 10.1. The molecule has 0 radical (unpaired) electrons. The van der Waals surface area contributed by atoms with Crippen molar-refractivity contribution in [1.29, 1.82) is 0 Å². The lowest BCUT2D eigenvalue weighted by Crippen LogP contribution is -2.03. The van der Waals surface area contributed by atoms with E-state index in [1.165, 1.54) is 19.2 Å². The Morgan fingerprint density at radius 2 is 2.06 bits per heavy atom. The zero-order chi connectivity index (χ0) is 13.5. The zero-order valence-electron chi connectivity index (χ0n) is 9.96. The molecular weight excluding hydrogens is 242 g/mol. The summed E-state index contributed by atoms with van der Waals surface area (Å²) in [5, 5.41) is 28.5. The first-order valence-electron chi connectivity index (χ1n) is 5.33. The summed E-state index contributed by atoms with van der Waals surface area (Å²) in [4.78, 5) is 10.2. The van der Waals surface area contributed by atoms with Gasteiger partial charge in [0, 0.05) is 13.0 Å². The third-order valence-corrected chi connectivity index (χ3v) is 2.29. The van der Waals surface area contributed by atoms with Crippen molar-refractivity contribution < 1.29 is 24.6 Å². The van der Waals surface area contributed by atoms with Crippen molar-refractivity contribution in [3.05, 3.63) is 27.8 Å². The van der Waals surface area contributed by atoms with Crippen molar-refractivity contribution in [2.45, 2.75) is 13.0 Å². The molecule has 7 heteroatoms. The second-order valence-electron chi connectivity index (χ2n) is 3.47. The highest BCUT2D eigenvalue weighted by molar-refractivity contribution is 5.54. The van der Waals surface area contributed by atoms with Crippen LogP contribution in [0, 0.1) is 10.1 Å². The van der Waals surface area contributed by atoms with Crippen LogP contribution in [0.15, 0.2) is 12.1 Å². The minimum atomic E-state index is -0.593. The molecule has 0 saturated carbocycles. The van der Waals surface area contributed by atoms with Gasteiger partial charge in [0.15, 0.2) is 11.5 Å². The van der Waals surface area contributed by atoms with Crippen LogP contribution < -0.4 is 9.47 Å². The number of rotatable bonds is 7. The van der Waals surface area contributed by atoms with Gasteiger partial charge in [0.1, 0.15) is 0 Å². The number of nitro benzene ring substituents is 1. The molecule has 0 spiro atoms. The molecule has 0 saturated heterocycles. The highest BCUT2D eigenvalue weighted by atomic mass is 16.6. The van der Waals surface area contributed by atoms with Gasteiger partial charge < -0.3 is 19.7 Å². The van der Waals surface area contributed by atoms with Crippen molar-refractivity contribution in [3.63, 3.8) is 0 Å². The Balaban J connectivity index is 3.07. The predicted molar refractivity (Wildman–Crippen MR) is 62.8 cm³/mol. The number of nitrogens with zero attached hydrogens (tertiary/aromatic N) is 1. The van der Waals surface area contributed by atoms with Gasteiger partial charge in [-0.05, 0) is 6.07 Å². The van der Waals surface area contributed by atoms with E-state index in [1.807, 2.05) is 0 Å². The molecule has 0 aliphatic heterocycles. The van der Waals surface area contributed by atoms with E-state index in [9.17, 15) is 10.1 Å². The molecule has 18 heavy (non-hydrogen) atoms. The largest absolute Gasteiger partial charge is 0.493 e. The molecule has 0 aromatic heterocycles. The molecule has 2 N–H and O–H groups in total. The summed E-state index contributed by atoms with van der Waals surface area (Å²) in [5.41, 5.74) is -0.0661. The molecule has 0 unspecified atom stereocenters. The van der Waals surface area contributed by atoms with Crippen LogP contribution in [0.1, 0.15) is 12.0 Å². The molecule has 0 aliphatic rings. The number of hydrogen-bond acceptors (Lipinski definition) is 6. The first-order valence-corrected chi connectivity index (χ1v) is 5.33. The van der Waals surface area contributed by atoms with E-state index in [1.54, 1.807) is 0 Å². The molecular formula is C11H15NO6. The van der Waals surface area contributed by atoms with Crippen LogP contribution in [-0.4, -0.2) is 35.5 Å². The second-order valence-corrected chi connectivity index (χ2v) is 3.47. The highest BCUT2D eigenvalue weighted by Gasteiger charge is 2.19. The fourth-order valence-electron chi connectivity index (χ4n) is 1.41. The lowest BCUT2D eigenvalue weighted by molar-refractivity contribution is -0.385. The van der Waals surface area contributed by atoms with Crippen LogP contribution in [0.2, 0.25) is 0 Å². The minimum Gasteiger partial charge on any atom is -0.493 e. The summed E-state index contributed by atoms with van der Waals surface area (Å²) in [6.45, 7) is -0.259. The normalized spacial score (nSPS) is 10.2. The number of benzene rings is 1. The van der Waals surface area contributed by atoms with Gasteiger partial charge in [-0.15, -0.1) is 0 Å². The fraction of sp³-hybridized carbons (Fsp3) is 0.455. The maximum atomic E-state index is 10.8. The predicted octanol–water partition coefficient (Wildman–Crippen LogP) is 0.857. The van der Waals surface area contributed by atoms with E-state index in [0.717, 1.165) is 0 Å². The van der Waals surface area contributed by atoms with Gasteiger partial charge in [-0.3, -0.25) is 10.1 Å². The summed E-state index contributed by atoms with van der Waals surface area (Å²) in [6.07, 6.45) is 0.415. The average molecular weight is 257 g/mol. The van der Waals surface area contributed by atoms with Gasteiger partial charge in [-0.2, -0.15) is 0 Å². The lowest BCUT2D eigenvalue weighted by Gasteiger charge is -2.11. The molecule has 1 rings (SSSR count). The van der Waals surface area contributed by atoms with Crippen LogP contribution in [-0.2, 0) is 6.61 Å². The summed E-state index contributed by atoms with van der Waals surface area (Å²) >= 11 is 0. The highest BCUT2D eigenvalue weighted by Crippen LogP contribution is 2.34. The van der Waals surface area contributed by atoms with Gasteiger partial charge in [0.25, 0.3) is 5.69 Å². The van der Waals surface area contributed by atoms with Crippen LogP contribution in [0.3, 0.4) is 0 Å². The average Bonchev–Trinajstić information content (AvgIpc) is 2.38. The first-order chi connectivity index (χ1) is 8.63. The van der Waals surface area contributed by atoms with Crippen LogP contribution >= 0.6 is 0 Å². The van der Waals surface area contributed by atoms with E-state index in [4.69, 9.17) is 19.7 Å². The number of hydrogen-bond donors (Lipinski definition) is 2. The molecule has 0 fully saturated rings. The Morgan fingerprint density at radius 3 is 2.56 bits per heavy atom. The van der Waals surface area contributed by atoms with E-state index in [-0.39, 0.29) is 30.2 Å². The summed E-state index contributed by atoms with van der Waals surface area (Å²) in [7, 11) is 1.40. The smallest absolute Gasteiger partial charge is 0.278 e. The fourth-order valence-corrected chi connectivity index (χ4v) is 1.41. The summed E-state index contributed by atoms with van der Waals surface area (Å²) in [5.74, 6) is 0.525. The van der Waals surface area contributed by atoms with Crippen LogP contribution in [0.25, 0.3) is 0 Å². The number of nitro groups is 1. The van der Waals surface area contributed by atoms with Crippen LogP contribution in [0.5, 0.6) is 11.5 Å². The van der Waals surface area contributed by atoms with E-state index in [0.29, 0.717) is 12.2 Å². The Labute approximate surface area is 104 Å². The monoisotopic (exact) mass is 257 g/mol. The molecule has 1 aromatic rings. The second kappa shape index (κ2) is 6.77. The molecule has 0 aliphatic carbocycles. The molecule has 100 valence electrons. The minimum absolute atomic E-state index is 0.0286. The van der Waals surface area contributed by atoms with E-state index < -0.39 is 11.5 Å². The molecule has 0 amide bonds. The van der Waals surface area contributed by atoms with Crippen molar-refractivity contribution in [1.82, 2.24) is 0 Å². The quantitative estimate of drug-likeness (QED) is 0.426. The molecule has 1 aromatic carbocycles. The number of methoxy groups -OCH3 is 1. The maximum Gasteiger partial charge on any atom is 0.278 e.